The van der Waals surface area contributed by atoms with Crippen LogP contribution in [0.5, 0.6) is 0 Å². The second kappa shape index (κ2) is 7.81. The molecule has 8 rings (SSSR count). The van der Waals surface area contributed by atoms with Gasteiger partial charge in [-0.05, 0) is 78.8 Å². The lowest BCUT2D eigenvalue weighted by Gasteiger charge is -2.18. The van der Waals surface area contributed by atoms with Crippen molar-refractivity contribution >= 4 is 54.3 Å². The number of rotatable bonds is 2. The summed E-state index contributed by atoms with van der Waals surface area (Å²) in [5.74, 6) is 0. The fourth-order valence-electron chi connectivity index (χ4n) is 5.03. The van der Waals surface area contributed by atoms with Gasteiger partial charge in [0.15, 0.2) is 0 Å². The van der Waals surface area contributed by atoms with Crippen LogP contribution in [0.2, 0.25) is 0 Å². The van der Waals surface area contributed by atoms with Gasteiger partial charge >= 0.3 is 0 Å². The van der Waals surface area contributed by atoms with Crippen LogP contribution in [0, 0.1) is 0 Å². The van der Waals surface area contributed by atoms with Gasteiger partial charge in [-0.1, -0.05) is 109 Å². The van der Waals surface area contributed by atoms with Crippen molar-refractivity contribution in [1.82, 2.24) is 0 Å². The Kier molecular flexibility index (Phi) is 2.33. The topological polar surface area (TPSA) is 13.1 Å². The number of fused-ring (bicyclic) bond motifs is 6. The second-order valence-electron chi connectivity index (χ2n) is 8.64. The summed E-state index contributed by atoms with van der Waals surface area (Å²) in [6, 6.07) is 5.55. The van der Waals surface area contributed by atoms with Crippen LogP contribution in [0.15, 0.2) is 138 Å². The predicted octanol–water partition coefficient (Wildman–Crippen LogP) is 10.4. The van der Waals surface area contributed by atoms with Crippen LogP contribution in [0.3, 0.4) is 0 Å². The van der Waals surface area contributed by atoms with Crippen molar-refractivity contribution in [2.45, 2.75) is 0 Å². The summed E-state index contributed by atoms with van der Waals surface area (Å²) in [7, 11) is 0. The van der Waals surface area contributed by atoms with E-state index in [1.807, 2.05) is 18.2 Å². The Morgan fingerprint density at radius 2 is 1.14 bits per heavy atom. The fraction of sp³-hybridized carbons (Fsp3) is 0. The summed E-state index contributed by atoms with van der Waals surface area (Å²) in [5.41, 5.74) is 1.14. The Morgan fingerprint density at radius 1 is 0.459 bits per heavy atom. The van der Waals surface area contributed by atoms with E-state index in [4.69, 9.17) is 18.1 Å². The maximum Gasteiger partial charge on any atom is 0.135 e. The van der Waals surface area contributed by atoms with Crippen LogP contribution in [0.1, 0.15) is 19.2 Å². The number of hydrogen-bond donors (Lipinski definition) is 0. The van der Waals surface area contributed by atoms with Crippen LogP contribution < -0.4 is 0 Å². The minimum absolute atomic E-state index is 0.0624. The Labute approximate surface area is 233 Å². The van der Waals surface area contributed by atoms with Gasteiger partial charge in [0.25, 0.3) is 0 Å². The molecule has 1 heteroatoms. The molecule has 0 amide bonds. The summed E-state index contributed by atoms with van der Waals surface area (Å²) in [5, 5.41) is 0.430. The van der Waals surface area contributed by atoms with Gasteiger partial charge in [0.05, 0.1) is 19.2 Å². The van der Waals surface area contributed by atoms with Crippen molar-refractivity contribution in [3.8, 4) is 22.3 Å². The molecule has 0 N–H and O–H groups in total. The van der Waals surface area contributed by atoms with Gasteiger partial charge in [0.1, 0.15) is 11.2 Å². The Bertz CT molecular complexity index is 2910. The van der Waals surface area contributed by atoms with Gasteiger partial charge in [0.2, 0.25) is 0 Å². The van der Waals surface area contributed by atoms with Crippen molar-refractivity contribution in [2.75, 3.05) is 0 Å². The van der Waals surface area contributed by atoms with Crippen LogP contribution in [-0.2, 0) is 0 Å². The van der Waals surface area contributed by atoms with E-state index in [0.717, 1.165) is 5.39 Å². The maximum absolute atomic E-state index is 9.32. The molecule has 0 bridgehead atoms. The van der Waals surface area contributed by atoms with Crippen LogP contribution >= 0.6 is 0 Å². The van der Waals surface area contributed by atoms with Crippen molar-refractivity contribution in [2.24, 2.45) is 0 Å². The summed E-state index contributed by atoms with van der Waals surface area (Å²) < 4.78 is 129. The van der Waals surface area contributed by atoms with Gasteiger partial charge in [-0.2, -0.15) is 0 Å². The smallest absolute Gasteiger partial charge is 0.135 e. The first-order chi connectivity index (χ1) is 24.2. The molecule has 1 aromatic heterocycles. The van der Waals surface area contributed by atoms with Gasteiger partial charge in [0, 0.05) is 10.8 Å². The molecular weight excluding hydrogens is 448 g/mol. The molecule has 0 aliphatic carbocycles. The molecule has 37 heavy (non-hydrogen) atoms. The predicted molar refractivity (Wildman–Crippen MR) is 157 cm³/mol. The highest BCUT2D eigenvalue weighted by molar-refractivity contribution is 6.22. The van der Waals surface area contributed by atoms with Crippen molar-refractivity contribution in [1.29, 1.82) is 0 Å². The van der Waals surface area contributed by atoms with Crippen LogP contribution in [0.25, 0.3) is 76.5 Å². The lowest BCUT2D eigenvalue weighted by Crippen LogP contribution is -1.91. The lowest BCUT2D eigenvalue weighted by molar-refractivity contribution is 0.669. The largest absolute Gasteiger partial charge is 0.456 e. The van der Waals surface area contributed by atoms with Crippen molar-refractivity contribution in [3.63, 3.8) is 0 Å². The Balaban J connectivity index is 1.68. The molecular formula is C36H22O. The third-order valence-electron chi connectivity index (χ3n) is 6.62. The molecule has 0 spiro atoms. The minimum Gasteiger partial charge on any atom is -0.456 e. The third kappa shape index (κ3) is 3.04. The standard InChI is InChI=1S/C36H22O/c1-2-10-24-21-25(18-17-23(24)9-1)35-28-12-3-5-14-30(28)36(31-15-6-4-13-29(31)35)26-19-20-34-32(22-26)27-11-7-8-16-33(27)37-34/h1-22H/i1D,2D,3D,4D,5D,6D,9D,10D,12D,13D,14D,17D,18D,21D. The second-order valence-corrected chi connectivity index (χ2v) is 8.64. The summed E-state index contributed by atoms with van der Waals surface area (Å²) >= 11 is 0. The van der Waals surface area contributed by atoms with E-state index in [2.05, 4.69) is 0 Å². The average molecular weight is 485 g/mol. The highest BCUT2D eigenvalue weighted by Gasteiger charge is 2.17. The summed E-state index contributed by atoms with van der Waals surface area (Å²) in [6.07, 6.45) is 0. The minimum atomic E-state index is -0.674. The zero-order valence-electron chi connectivity index (χ0n) is 33.0. The number of hydrogen-bond acceptors (Lipinski definition) is 1. The van der Waals surface area contributed by atoms with Gasteiger partial charge in [-0.25, -0.2) is 0 Å². The fourth-order valence-corrected chi connectivity index (χ4v) is 5.03. The first kappa shape index (κ1) is 11.0. The number of benzene rings is 7. The molecule has 0 atom stereocenters. The Hall–Kier alpha value is -4.88. The third-order valence-corrected chi connectivity index (χ3v) is 6.62. The van der Waals surface area contributed by atoms with Crippen LogP contribution in [0.4, 0.5) is 0 Å². The van der Waals surface area contributed by atoms with E-state index in [9.17, 15) is 5.48 Å². The first-order valence-electron chi connectivity index (χ1n) is 18.6. The van der Waals surface area contributed by atoms with Crippen LogP contribution in [-0.4, -0.2) is 0 Å². The molecule has 0 aliphatic heterocycles. The summed E-state index contributed by atoms with van der Waals surface area (Å²) in [4.78, 5) is 0. The van der Waals surface area contributed by atoms with Gasteiger partial charge in [-0.3, -0.25) is 0 Å². The highest BCUT2D eigenvalue weighted by Crippen LogP contribution is 2.45. The molecule has 172 valence electrons. The Morgan fingerprint density at radius 3 is 2.00 bits per heavy atom. The number of furan rings is 1. The maximum atomic E-state index is 9.32. The summed E-state index contributed by atoms with van der Waals surface area (Å²) in [6.45, 7) is 0. The molecule has 0 aliphatic rings. The van der Waals surface area contributed by atoms with Gasteiger partial charge in [-0.15, -0.1) is 0 Å². The molecule has 0 saturated heterocycles. The zero-order chi connectivity index (χ0) is 36.5. The van der Waals surface area contributed by atoms with E-state index in [1.54, 1.807) is 24.3 Å². The van der Waals surface area contributed by atoms with E-state index in [0.29, 0.717) is 22.1 Å². The molecule has 1 nitrogen and oxygen atoms in total. The van der Waals surface area contributed by atoms with Crippen molar-refractivity contribution < 1.29 is 23.6 Å². The molecule has 7 aromatic carbocycles. The monoisotopic (exact) mass is 484 g/mol. The molecule has 1 heterocycles. The first-order valence-corrected chi connectivity index (χ1v) is 11.6. The lowest BCUT2D eigenvalue weighted by atomic mass is 9.85. The molecule has 0 saturated carbocycles. The van der Waals surface area contributed by atoms with E-state index in [-0.39, 0.29) is 49.5 Å². The SMILES string of the molecule is [2H]c1cc2c(-c3ccc4oc5ccccc5c4c3)c3c([2H])c([2H])c([2H])c([2H])c3c(-c3c([2H])c([2H])c4c([2H])c([2H])c([2H])c([2H])c4c3[2H])c2c([2H])c1[2H]. The normalized spacial score (nSPS) is 17.1. The quantitative estimate of drug-likeness (QED) is 0.222. The van der Waals surface area contributed by atoms with E-state index in [1.165, 1.54) is 6.07 Å². The molecule has 0 radical (unpaired) electrons. The molecule has 0 unspecified atom stereocenters. The highest BCUT2D eigenvalue weighted by atomic mass is 16.3. The van der Waals surface area contributed by atoms with Gasteiger partial charge < -0.3 is 4.42 Å². The van der Waals surface area contributed by atoms with Crippen molar-refractivity contribution in [3.05, 3.63) is 133 Å². The molecule has 8 aromatic rings. The molecule has 0 fully saturated rings. The van der Waals surface area contributed by atoms with E-state index < -0.39 is 84.1 Å². The van der Waals surface area contributed by atoms with E-state index >= 15 is 0 Å². The average Bonchev–Trinajstić information content (AvgIpc) is 3.49. The number of para-hydroxylation sites is 1. The zero-order valence-corrected chi connectivity index (χ0v) is 19.0.